The maximum Gasteiger partial charge on any atom is 0.364 e. The van der Waals surface area contributed by atoms with Gasteiger partial charge in [-0.3, -0.25) is 4.98 Å². The first kappa shape index (κ1) is 24.4. The van der Waals surface area contributed by atoms with Gasteiger partial charge in [0.2, 0.25) is 0 Å². The van der Waals surface area contributed by atoms with E-state index in [-0.39, 0.29) is 5.82 Å². The highest BCUT2D eigenvalue weighted by Crippen LogP contribution is 2.46. The van der Waals surface area contributed by atoms with E-state index >= 15 is 0 Å². The Morgan fingerprint density at radius 3 is 1.88 bits per heavy atom. The van der Waals surface area contributed by atoms with Crippen LogP contribution in [0.2, 0.25) is 0 Å². The lowest BCUT2D eigenvalue weighted by molar-refractivity contribution is -0.389. The number of benzene rings is 3. The molecular formula is C34H23N5O2. The van der Waals surface area contributed by atoms with Crippen molar-refractivity contribution in [2.75, 3.05) is 0 Å². The predicted octanol–water partition coefficient (Wildman–Crippen LogP) is 7.39. The number of hydrogen-bond acceptors (Lipinski definition) is 5. The third-order valence-corrected chi connectivity index (χ3v) is 7.55. The Kier molecular flexibility index (Phi) is 5.83. The second kappa shape index (κ2) is 9.81. The first-order valence-electron chi connectivity index (χ1n) is 13.2. The lowest BCUT2D eigenvalue weighted by Gasteiger charge is -2.38. The summed E-state index contributed by atoms with van der Waals surface area (Å²) in [5, 5.41) is 13.4. The molecule has 0 amide bonds. The van der Waals surface area contributed by atoms with Crippen LogP contribution in [-0.4, -0.2) is 24.4 Å². The summed E-state index contributed by atoms with van der Waals surface area (Å²) in [5.41, 5.74) is 5.34. The molecule has 7 aromatic rings. The van der Waals surface area contributed by atoms with Crippen molar-refractivity contribution in [1.29, 1.82) is 0 Å². The highest BCUT2D eigenvalue weighted by molar-refractivity contribution is 6.07. The van der Waals surface area contributed by atoms with Crippen molar-refractivity contribution in [2.45, 2.75) is 5.54 Å². The topological polar surface area (TPSA) is 86.7 Å². The standard InChI is InChI=1S/C34H23N5O2/c40-39(41)32-22-24(18-21-36-32)30-17-16-28-29-23-35-20-19-31(29)38(33(28)37-30)34(25-10-4-1-5-11-25,26-12-6-2-7-13-26)27-14-8-3-9-15-27/h1-23H. The van der Waals surface area contributed by atoms with E-state index in [9.17, 15) is 10.1 Å². The van der Waals surface area contributed by atoms with E-state index in [0.717, 1.165) is 38.6 Å². The van der Waals surface area contributed by atoms with E-state index in [1.54, 1.807) is 12.3 Å². The molecule has 0 bridgehead atoms. The minimum atomic E-state index is -0.805. The van der Waals surface area contributed by atoms with Gasteiger partial charge in [-0.05, 0) is 50.9 Å². The van der Waals surface area contributed by atoms with Gasteiger partial charge in [0.05, 0.1) is 11.2 Å². The monoisotopic (exact) mass is 533 g/mol. The van der Waals surface area contributed by atoms with Gasteiger partial charge in [0.1, 0.15) is 17.4 Å². The van der Waals surface area contributed by atoms with E-state index in [0.29, 0.717) is 11.3 Å². The molecule has 0 saturated heterocycles. The van der Waals surface area contributed by atoms with Crippen LogP contribution in [0, 0.1) is 10.1 Å². The predicted molar refractivity (Wildman–Crippen MR) is 160 cm³/mol. The van der Waals surface area contributed by atoms with Crippen molar-refractivity contribution in [2.24, 2.45) is 0 Å². The number of pyridine rings is 3. The molecular weight excluding hydrogens is 510 g/mol. The van der Waals surface area contributed by atoms with E-state index in [1.165, 1.54) is 12.3 Å². The Labute approximate surface area is 235 Å². The summed E-state index contributed by atoms with van der Waals surface area (Å²) in [5.74, 6) is -0.221. The van der Waals surface area contributed by atoms with E-state index in [2.05, 4.69) is 87.3 Å². The Bertz CT molecular complexity index is 1930. The zero-order chi connectivity index (χ0) is 27.8. The molecule has 0 N–H and O–H groups in total. The quantitative estimate of drug-likeness (QED) is 0.126. The Balaban J connectivity index is 1.66. The Morgan fingerprint density at radius 2 is 1.29 bits per heavy atom. The summed E-state index contributed by atoms with van der Waals surface area (Å²) in [6.07, 6.45) is 5.12. The molecule has 0 radical (unpaired) electrons. The average molecular weight is 534 g/mol. The lowest BCUT2D eigenvalue weighted by Crippen LogP contribution is -2.37. The highest BCUT2D eigenvalue weighted by Gasteiger charge is 2.41. The summed E-state index contributed by atoms with van der Waals surface area (Å²) in [4.78, 5) is 24.6. The van der Waals surface area contributed by atoms with Crippen LogP contribution in [0.4, 0.5) is 5.82 Å². The zero-order valence-electron chi connectivity index (χ0n) is 21.8. The molecule has 0 aliphatic carbocycles. The summed E-state index contributed by atoms with van der Waals surface area (Å²) in [6, 6.07) is 40.4. The molecule has 0 fully saturated rings. The molecule has 0 saturated carbocycles. The van der Waals surface area contributed by atoms with Gasteiger partial charge < -0.3 is 14.7 Å². The zero-order valence-corrected chi connectivity index (χ0v) is 21.8. The molecule has 196 valence electrons. The van der Waals surface area contributed by atoms with Crippen molar-refractivity contribution in [3.05, 3.63) is 167 Å². The largest absolute Gasteiger partial charge is 0.364 e. The minimum absolute atomic E-state index is 0.221. The van der Waals surface area contributed by atoms with Crippen LogP contribution >= 0.6 is 0 Å². The van der Waals surface area contributed by atoms with Crippen LogP contribution in [0.3, 0.4) is 0 Å². The van der Waals surface area contributed by atoms with Crippen LogP contribution < -0.4 is 0 Å². The smallest absolute Gasteiger partial charge is 0.358 e. The number of aromatic nitrogens is 4. The van der Waals surface area contributed by atoms with E-state index in [4.69, 9.17) is 4.98 Å². The summed E-state index contributed by atoms with van der Waals surface area (Å²) in [6.45, 7) is 0. The number of hydrogen-bond donors (Lipinski definition) is 0. The molecule has 4 heterocycles. The molecule has 0 aliphatic rings. The number of nitrogens with zero attached hydrogens (tertiary/aromatic N) is 5. The summed E-state index contributed by atoms with van der Waals surface area (Å²) in [7, 11) is 0. The van der Waals surface area contributed by atoms with Gasteiger partial charge in [0, 0.05) is 34.8 Å². The summed E-state index contributed by atoms with van der Waals surface area (Å²) >= 11 is 0. The Hall–Kier alpha value is -5.69. The number of rotatable bonds is 6. The first-order chi connectivity index (χ1) is 20.2. The van der Waals surface area contributed by atoms with Crippen LogP contribution in [0.5, 0.6) is 0 Å². The minimum Gasteiger partial charge on any atom is -0.358 e. The van der Waals surface area contributed by atoms with Gasteiger partial charge in [-0.2, -0.15) is 0 Å². The van der Waals surface area contributed by atoms with E-state index < -0.39 is 10.5 Å². The van der Waals surface area contributed by atoms with E-state index in [1.807, 2.05) is 42.6 Å². The molecule has 0 unspecified atom stereocenters. The number of fused-ring (bicyclic) bond motifs is 3. The normalized spacial score (nSPS) is 11.6. The molecule has 7 rings (SSSR count). The van der Waals surface area contributed by atoms with Crippen molar-refractivity contribution in [3.8, 4) is 11.3 Å². The van der Waals surface area contributed by atoms with Crippen molar-refractivity contribution in [1.82, 2.24) is 19.5 Å². The van der Waals surface area contributed by atoms with Crippen LogP contribution in [0.1, 0.15) is 16.7 Å². The van der Waals surface area contributed by atoms with Crippen LogP contribution in [0.15, 0.2) is 140 Å². The first-order valence-corrected chi connectivity index (χ1v) is 13.2. The fourth-order valence-electron chi connectivity index (χ4n) is 5.84. The van der Waals surface area contributed by atoms with Crippen molar-refractivity contribution >= 4 is 27.8 Å². The van der Waals surface area contributed by atoms with Crippen molar-refractivity contribution < 1.29 is 4.92 Å². The molecule has 3 aromatic carbocycles. The van der Waals surface area contributed by atoms with Gasteiger partial charge in [0.15, 0.2) is 0 Å². The third-order valence-electron chi connectivity index (χ3n) is 7.55. The van der Waals surface area contributed by atoms with Gasteiger partial charge in [-0.15, -0.1) is 0 Å². The SMILES string of the molecule is O=[N+]([O-])c1cc(-c2ccc3c4cnccc4n(C(c4ccccc4)(c4ccccc4)c4ccccc4)c3n2)ccn1. The van der Waals surface area contributed by atoms with Gasteiger partial charge in [-0.25, -0.2) is 4.98 Å². The second-order valence-corrected chi connectivity index (χ2v) is 9.76. The number of nitro groups is 1. The molecule has 4 aromatic heterocycles. The third kappa shape index (κ3) is 3.86. The molecule has 7 heteroatoms. The van der Waals surface area contributed by atoms with Crippen molar-refractivity contribution in [3.63, 3.8) is 0 Å². The maximum atomic E-state index is 11.5. The molecule has 41 heavy (non-hydrogen) atoms. The van der Waals surface area contributed by atoms with Crippen LogP contribution in [0.25, 0.3) is 33.2 Å². The average Bonchev–Trinajstić information content (AvgIpc) is 3.37. The van der Waals surface area contributed by atoms with Gasteiger partial charge in [0.25, 0.3) is 0 Å². The molecule has 0 aliphatic heterocycles. The highest BCUT2D eigenvalue weighted by atomic mass is 16.6. The second-order valence-electron chi connectivity index (χ2n) is 9.76. The maximum absolute atomic E-state index is 11.5. The molecule has 0 atom stereocenters. The van der Waals surface area contributed by atoms with Crippen LogP contribution in [-0.2, 0) is 5.54 Å². The lowest BCUT2D eigenvalue weighted by atomic mass is 9.76. The summed E-state index contributed by atoms with van der Waals surface area (Å²) < 4.78 is 2.29. The van der Waals surface area contributed by atoms with Gasteiger partial charge in [-0.1, -0.05) is 91.0 Å². The molecule has 0 spiro atoms. The fourth-order valence-corrected chi connectivity index (χ4v) is 5.84. The molecule has 7 nitrogen and oxygen atoms in total. The Morgan fingerprint density at radius 1 is 0.683 bits per heavy atom. The van der Waals surface area contributed by atoms with Gasteiger partial charge >= 0.3 is 5.82 Å². The fraction of sp³-hybridized carbons (Fsp3) is 0.0294.